The second-order valence-corrected chi connectivity index (χ2v) is 5.89. The van der Waals surface area contributed by atoms with E-state index in [1.807, 2.05) is 17.9 Å². The van der Waals surface area contributed by atoms with E-state index in [-0.39, 0.29) is 0 Å². The molecule has 0 aliphatic heterocycles. The van der Waals surface area contributed by atoms with Gasteiger partial charge in [0.05, 0.1) is 6.20 Å². The highest BCUT2D eigenvalue weighted by molar-refractivity contribution is 5.04. The van der Waals surface area contributed by atoms with Crippen LogP contribution in [0.1, 0.15) is 44.1 Å². The van der Waals surface area contributed by atoms with E-state index in [1.54, 1.807) is 0 Å². The molecule has 2 rings (SSSR count). The molecule has 1 aliphatic carbocycles. The van der Waals surface area contributed by atoms with Crippen LogP contribution in [-0.4, -0.2) is 40.9 Å². The molecule has 0 amide bonds. The highest BCUT2D eigenvalue weighted by Gasteiger charge is 2.25. The fraction of sp³-hybridized carbons (Fsp3) is 0.800. The molecule has 2 unspecified atom stereocenters. The molecule has 1 fully saturated rings. The lowest BCUT2D eigenvalue weighted by Crippen LogP contribution is -2.47. The van der Waals surface area contributed by atoms with Crippen molar-refractivity contribution in [2.24, 2.45) is 7.05 Å². The molecule has 4 heteroatoms. The summed E-state index contributed by atoms with van der Waals surface area (Å²) in [5.74, 6) is 0. The maximum atomic E-state index is 4.26. The van der Waals surface area contributed by atoms with Gasteiger partial charge in [0.1, 0.15) is 0 Å². The predicted octanol–water partition coefficient (Wildman–Crippen LogP) is 2.16. The Bertz CT molecular complexity index is 374. The van der Waals surface area contributed by atoms with Gasteiger partial charge >= 0.3 is 0 Å². The van der Waals surface area contributed by atoms with Gasteiger partial charge in [-0.15, -0.1) is 0 Å². The van der Waals surface area contributed by atoms with Gasteiger partial charge in [-0.1, -0.05) is 25.7 Å². The summed E-state index contributed by atoms with van der Waals surface area (Å²) >= 11 is 0. The van der Waals surface area contributed by atoms with Crippen LogP contribution in [0, 0.1) is 0 Å². The smallest absolute Gasteiger partial charge is 0.0534 e. The number of hydrogen-bond acceptors (Lipinski definition) is 3. The fourth-order valence-electron chi connectivity index (χ4n) is 3.29. The number of nitrogens with zero attached hydrogens (tertiary/aromatic N) is 3. The molecule has 0 radical (unpaired) electrons. The van der Waals surface area contributed by atoms with E-state index in [9.17, 15) is 0 Å². The second-order valence-electron chi connectivity index (χ2n) is 5.89. The van der Waals surface area contributed by atoms with Crippen molar-refractivity contribution in [3.63, 3.8) is 0 Å². The summed E-state index contributed by atoms with van der Waals surface area (Å²) in [4.78, 5) is 2.50. The average Bonchev–Trinajstić information content (AvgIpc) is 2.74. The molecule has 0 aromatic carbocycles. The van der Waals surface area contributed by atoms with Crippen molar-refractivity contribution in [3.8, 4) is 0 Å². The first kappa shape index (κ1) is 14.5. The molecule has 1 N–H and O–H groups in total. The Kier molecular flexibility index (Phi) is 5.40. The van der Waals surface area contributed by atoms with Crippen molar-refractivity contribution in [1.29, 1.82) is 0 Å². The summed E-state index contributed by atoms with van der Waals surface area (Å²) in [5.41, 5.74) is 1.31. The highest BCUT2D eigenvalue weighted by atomic mass is 15.2. The Labute approximate surface area is 117 Å². The minimum atomic E-state index is 0.627. The lowest BCUT2D eigenvalue weighted by atomic mass is 9.91. The summed E-state index contributed by atoms with van der Waals surface area (Å²) in [6.45, 7) is 0.997. The molecule has 1 aromatic rings. The van der Waals surface area contributed by atoms with Crippen LogP contribution < -0.4 is 5.32 Å². The van der Waals surface area contributed by atoms with E-state index in [4.69, 9.17) is 0 Å². The summed E-state index contributed by atoms with van der Waals surface area (Å²) in [6.07, 6.45) is 12.2. The highest BCUT2D eigenvalue weighted by Crippen LogP contribution is 2.22. The van der Waals surface area contributed by atoms with Gasteiger partial charge in [-0.05, 0) is 26.9 Å². The minimum absolute atomic E-state index is 0.627. The van der Waals surface area contributed by atoms with Crippen LogP contribution in [0.3, 0.4) is 0 Å². The van der Waals surface area contributed by atoms with Crippen LogP contribution in [-0.2, 0) is 13.6 Å². The molecule has 19 heavy (non-hydrogen) atoms. The Morgan fingerprint density at radius 2 is 2.05 bits per heavy atom. The summed E-state index contributed by atoms with van der Waals surface area (Å²) < 4.78 is 1.89. The zero-order valence-electron chi connectivity index (χ0n) is 12.6. The van der Waals surface area contributed by atoms with Gasteiger partial charge in [-0.2, -0.15) is 5.10 Å². The number of likely N-dealkylation sites (N-methyl/N-ethyl adjacent to an activating group) is 2. The molecule has 0 bridgehead atoms. The quantitative estimate of drug-likeness (QED) is 0.904. The lowest BCUT2D eigenvalue weighted by Gasteiger charge is -2.36. The molecule has 4 nitrogen and oxygen atoms in total. The Morgan fingerprint density at radius 1 is 1.32 bits per heavy atom. The molecule has 0 spiro atoms. The van der Waals surface area contributed by atoms with Crippen LogP contribution in [0.2, 0.25) is 0 Å². The fourth-order valence-corrected chi connectivity index (χ4v) is 3.29. The van der Waals surface area contributed by atoms with Crippen molar-refractivity contribution in [3.05, 3.63) is 18.0 Å². The second kappa shape index (κ2) is 7.06. The number of aryl methyl sites for hydroxylation is 1. The Balaban J connectivity index is 1.98. The van der Waals surface area contributed by atoms with Crippen molar-refractivity contribution >= 4 is 0 Å². The van der Waals surface area contributed by atoms with Crippen LogP contribution >= 0.6 is 0 Å². The van der Waals surface area contributed by atoms with Crippen molar-refractivity contribution in [2.45, 2.75) is 57.2 Å². The first-order chi connectivity index (χ1) is 9.20. The van der Waals surface area contributed by atoms with Crippen molar-refractivity contribution in [1.82, 2.24) is 20.0 Å². The normalized spacial score (nSPS) is 25.3. The molecular formula is C15H28N4. The van der Waals surface area contributed by atoms with E-state index >= 15 is 0 Å². The molecule has 0 saturated heterocycles. The van der Waals surface area contributed by atoms with Crippen LogP contribution in [0.5, 0.6) is 0 Å². The SMILES string of the molecule is CNC1CCCCCCC1N(C)Cc1cnn(C)c1. The standard InChI is InChI=1S/C15H28N4/c1-16-14-8-6-4-5-7-9-15(14)18(2)11-13-10-17-19(3)12-13/h10,12,14-16H,4-9,11H2,1-3H3. The summed E-state index contributed by atoms with van der Waals surface area (Å²) in [6, 6.07) is 1.27. The number of nitrogens with one attached hydrogen (secondary N) is 1. The first-order valence-electron chi connectivity index (χ1n) is 7.55. The van der Waals surface area contributed by atoms with Gasteiger partial charge in [-0.3, -0.25) is 9.58 Å². The van der Waals surface area contributed by atoms with Gasteiger partial charge in [0.2, 0.25) is 0 Å². The van der Waals surface area contributed by atoms with Crippen molar-refractivity contribution in [2.75, 3.05) is 14.1 Å². The number of aromatic nitrogens is 2. The predicted molar refractivity (Wildman–Crippen MR) is 79.0 cm³/mol. The Hall–Kier alpha value is -0.870. The molecule has 2 atom stereocenters. The van der Waals surface area contributed by atoms with E-state index in [2.05, 4.69) is 35.6 Å². The lowest BCUT2D eigenvalue weighted by molar-refractivity contribution is 0.160. The molecule has 1 heterocycles. The number of hydrogen-bond donors (Lipinski definition) is 1. The third-order valence-corrected chi connectivity index (χ3v) is 4.36. The number of rotatable bonds is 4. The largest absolute Gasteiger partial charge is 0.315 e. The zero-order chi connectivity index (χ0) is 13.7. The molecule has 1 aromatic heterocycles. The Morgan fingerprint density at radius 3 is 2.68 bits per heavy atom. The zero-order valence-corrected chi connectivity index (χ0v) is 12.6. The minimum Gasteiger partial charge on any atom is -0.315 e. The van der Waals surface area contributed by atoms with Gasteiger partial charge in [0.15, 0.2) is 0 Å². The molecular weight excluding hydrogens is 236 g/mol. The molecule has 1 saturated carbocycles. The van der Waals surface area contributed by atoms with E-state index in [0.717, 1.165) is 6.54 Å². The summed E-state index contributed by atoms with van der Waals surface area (Å²) in [7, 11) is 6.34. The summed E-state index contributed by atoms with van der Waals surface area (Å²) in [5, 5.41) is 7.79. The maximum absolute atomic E-state index is 4.26. The van der Waals surface area contributed by atoms with E-state index in [1.165, 1.54) is 44.1 Å². The van der Waals surface area contributed by atoms with Gasteiger partial charge in [0.25, 0.3) is 0 Å². The third kappa shape index (κ3) is 4.05. The van der Waals surface area contributed by atoms with Gasteiger partial charge < -0.3 is 5.32 Å². The monoisotopic (exact) mass is 264 g/mol. The van der Waals surface area contributed by atoms with E-state index in [0.29, 0.717) is 12.1 Å². The topological polar surface area (TPSA) is 33.1 Å². The molecule has 1 aliphatic rings. The van der Waals surface area contributed by atoms with Crippen LogP contribution in [0.4, 0.5) is 0 Å². The molecule has 108 valence electrons. The van der Waals surface area contributed by atoms with E-state index < -0.39 is 0 Å². The average molecular weight is 264 g/mol. The van der Waals surface area contributed by atoms with Crippen LogP contribution in [0.25, 0.3) is 0 Å². The third-order valence-electron chi connectivity index (χ3n) is 4.36. The maximum Gasteiger partial charge on any atom is 0.0534 e. The van der Waals surface area contributed by atoms with Crippen LogP contribution in [0.15, 0.2) is 12.4 Å². The van der Waals surface area contributed by atoms with Gasteiger partial charge in [-0.25, -0.2) is 0 Å². The van der Waals surface area contributed by atoms with Gasteiger partial charge in [0, 0.05) is 37.4 Å². The first-order valence-corrected chi connectivity index (χ1v) is 7.55. The van der Waals surface area contributed by atoms with Crippen molar-refractivity contribution < 1.29 is 0 Å².